The zero-order valence-electron chi connectivity index (χ0n) is 35.9. The minimum atomic E-state index is -1.37. The van der Waals surface area contributed by atoms with Crippen molar-refractivity contribution in [3.8, 4) is 34.3 Å². The Kier molecular flexibility index (Phi) is 15.3. The average molecular weight is 960 g/mol. The van der Waals surface area contributed by atoms with E-state index in [1.807, 2.05) is 124 Å². The summed E-state index contributed by atoms with van der Waals surface area (Å²) in [7, 11) is 6.52. The fraction of sp³-hybridized carbons (Fsp3) is 0.280. The zero-order chi connectivity index (χ0) is 45.0. The summed E-state index contributed by atoms with van der Waals surface area (Å²) in [4.78, 5) is 38.7. The number of rotatable bonds is 10. The lowest BCUT2D eigenvalue weighted by Crippen LogP contribution is -2.29. The first-order chi connectivity index (χ1) is 30.8. The van der Waals surface area contributed by atoms with Crippen LogP contribution in [0.4, 0.5) is 23.0 Å². The Balaban J connectivity index is 0.000000176. The number of fused-ring (bicyclic) bond motifs is 2. The van der Waals surface area contributed by atoms with Crippen LogP contribution in [0.15, 0.2) is 126 Å². The minimum absolute atomic E-state index is 0. The lowest BCUT2D eigenvalue weighted by Gasteiger charge is -2.16. The number of hydrogen-bond acceptors (Lipinski definition) is 12. The molecule has 6 aromatic rings. The van der Waals surface area contributed by atoms with Gasteiger partial charge in [-0.25, -0.2) is 9.97 Å². The highest BCUT2D eigenvalue weighted by Gasteiger charge is 2.52. The van der Waals surface area contributed by atoms with Crippen LogP contribution in [0.2, 0.25) is 0 Å². The molecule has 0 saturated heterocycles. The van der Waals surface area contributed by atoms with Gasteiger partial charge >= 0.3 is 7.12 Å². The van der Waals surface area contributed by atoms with E-state index in [1.54, 1.807) is 18.2 Å². The molecule has 2 fully saturated rings. The van der Waals surface area contributed by atoms with Gasteiger partial charge in [0.15, 0.2) is 23.0 Å². The number of aromatic nitrogens is 2. The quantitative estimate of drug-likeness (QED) is 0.0770. The summed E-state index contributed by atoms with van der Waals surface area (Å²) in [5.74, 6) is 3.90. The lowest BCUT2D eigenvalue weighted by molar-refractivity contribution is -0.119. The number of carbonyl (C=O) groups excluding carboxylic acids is 2. The Bertz CT molecular complexity index is 2610. The van der Waals surface area contributed by atoms with Gasteiger partial charge in [0.05, 0.1) is 16.5 Å². The normalized spacial score (nSPS) is 14.5. The molecule has 2 saturated carbocycles. The molecule has 0 radical (unpaired) electrons. The molecule has 2 amide bonds. The largest absolute Gasteiger partial charge is 0.488 e. The summed E-state index contributed by atoms with van der Waals surface area (Å²) in [5.41, 5.74) is 5.43. The highest BCUT2D eigenvalue weighted by Crippen LogP contribution is 2.52. The molecule has 2 aliphatic carbocycles. The predicted molar refractivity (Wildman–Crippen MR) is 264 cm³/mol. The molecule has 0 spiro atoms. The van der Waals surface area contributed by atoms with E-state index < -0.39 is 17.9 Å². The van der Waals surface area contributed by atoms with Gasteiger partial charge in [0.25, 0.3) is 0 Å². The van der Waals surface area contributed by atoms with Gasteiger partial charge in [-0.3, -0.25) is 9.59 Å². The number of nitrogens with one attached hydrogen (secondary N) is 2. The Hall–Kier alpha value is -6.62. The van der Waals surface area contributed by atoms with Gasteiger partial charge in [-0.05, 0) is 131 Å². The minimum Gasteiger partial charge on any atom is -0.454 e. The van der Waals surface area contributed by atoms with E-state index in [2.05, 4.69) is 53.6 Å². The number of anilines is 4. The smallest absolute Gasteiger partial charge is 0.454 e. The molecule has 0 atom stereocenters. The molecular formula is C50H56BBrN6O8. The molecule has 10 rings (SSSR count). The van der Waals surface area contributed by atoms with Crippen molar-refractivity contribution in [2.75, 3.05) is 62.2 Å². The summed E-state index contributed by atoms with van der Waals surface area (Å²) >= 11 is 3.30. The maximum atomic E-state index is 13.1. The van der Waals surface area contributed by atoms with E-state index in [9.17, 15) is 9.59 Å². The Morgan fingerprint density at radius 1 is 0.591 bits per heavy atom. The van der Waals surface area contributed by atoms with Gasteiger partial charge in [-0.2, -0.15) is 0 Å². The molecule has 0 bridgehead atoms. The van der Waals surface area contributed by atoms with E-state index >= 15 is 0 Å². The standard InChI is InChI=1S/C24H23N3O3.C16H13BrN2O3.C8H12BNO2.2CH4/c1-27(2)18-9-6-16(7-10-18)19-4-3-5-22(25-19)26-23(28)24(12-13-24)17-8-11-20-21(14-17)30-15-29-20;17-13-2-1-3-14(18-13)19-15(20)16(6-7-16)10-4-5-11-12(8-10)22-9-21-11;1-10(2)8-5-3-7(4-6-8)9(11)12;;/h3-11,14H,12-13,15H2,1-2H3,(H,25,26,28);1-5,8H,6-7,9H2,(H,18,19,20);3-6,11-12H,1-2H3;2*1H4. The van der Waals surface area contributed by atoms with Gasteiger partial charge < -0.3 is 49.4 Å². The number of hydrogen-bond donors (Lipinski definition) is 4. The first-order valence-corrected chi connectivity index (χ1v) is 21.6. The van der Waals surface area contributed by atoms with Crippen LogP contribution in [0.5, 0.6) is 23.0 Å². The Labute approximate surface area is 395 Å². The molecule has 16 heteroatoms. The molecule has 0 unspecified atom stereocenters. The zero-order valence-corrected chi connectivity index (χ0v) is 37.5. The summed E-state index contributed by atoms with van der Waals surface area (Å²) in [6.07, 6.45) is 3.27. The van der Waals surface area contributed by atoms with Gasteiger partial charge in [0, 0.05) is 45.1 Å². The molecule has 344 valence electrons. The van der Waals surface area contributed by atoms with Gasteiger partial charge in [-0.15, -0.1) is 0 Å². The summed E-state index contributed by atoms with van der Waals surface area (Å²) in [6, 6.07) is 37.9. The third-order valence-corrected chi connectivity index (χ3v) is 12.0. The molecule has 66 heavy (non-hydrogen) atoms. The summed E-state index contributed by atoms with van der Waals surface area (Å²) < 4.78 is 22.3. The highest BCUT2D eigenvalue weighted by molar-refractivity contribution is 9.10. The average Bonchev–Trinajstić information content (AvgIpc) is 4.19. The van der Waals surface area contributed by atoms with Crippen molar-refractivity contribution >= 4 is 63.3 Å². The van der Waals surface area contributed by atoms with Crippen molar-refractivity contribution < 1.29 is 38.6 Å². The highest BCUT2D eigenvalue weighted by atomic mass is 79.9. The first kappa shape index (κ1) is 48.8. The molecule has 4 aliphatic rings. The number of ether oxygens (including phenoxy) is 4. The van der Waals surface area contributed by atoms with Crippen LogP contribution in [-0.4, -0.2) is 80.7 Å². The van der Waals surface area contributed by atoms with Crippen molar-refractivity contribution in [2.24, 2.45) is 0 Å². The monoisotopic (exact) mass is 958 g/mol. The maximum Gasteiger partial charge on any atom is 0.488 e. The van der Waals surface area contributed by atoms with E-state index in [0.717, 1.165) is 70.9 Å². The number of nitrogens with zero attached hydrogens (tertiary/aromatic N) is 4. The van der Waals surface area contributed by atoms with Gasteiger partial charge in [-0.1, -0.05) is 63.4 Å². The molecule has 4 aromatic carbocycles. The number of amides is 2. The Morgan fingerprint density at radius 3 is 1.47 bits per heavy atom. The fourth-order valence-corrected chi connectivity index (χ4v) is 7.77. The topological polar surface area (TPSA) is 168 Å². The van der Waals surface area contributed by atoms with Crippen molar-refractivity contribution in [1.29, 1.82) is 0 Å². The van der Waals surface area contributed by atoms with E-state index in [-0.39, 0.29) is 40.3 Å². The molecule has 2 aromatic heterocycles. The van der Waals surface area contributed by atoms with Crippen LogP contribution in [-0.2, 0) is 20.4 Å². The van der Waals surface area contributed by atoms with Crippen molar-refractivity contribution in [1.82, 2.24) is 9.97 Å². The summed E-state index contributed by atoms with van der Waals surface area (Å²) in [5, 5.41) is 23.5. The predicted octanol–water partition coefficient (Wildman–Crippen LogP) is 8.16. The maximum absolute atomic E-state index is 13.1. The number of benzene rings is 4. The third-order valence-electron chi connectivity index (χ3n) is 11.6. The fourth-order valence-electron chi connectivity index (χ4n) is 7.42. The second kappa shape index (κ2) is 20.7. The van der Waals surface area contributed by atoms with Crippen LogP contribution < -0.4 is 44.8 Å². The molecular weight excluding hydrogens is 903 g/mol. The van der Waals surface area contributed by atoms with Crippen LogP contribution in [0, 0.1) is 0 Å². The second-order valence-electron chi connectivity index (χ2n) is 16.3. The van der Waals surface area contributed by atoms with Crippen molar-refractivity contribution in [3.63, 3.8) is 0 Å². The van der Waals surface area contributed by atoms with Gasteiger partial charge in [0.2, 0.25) is 25.4 Å². The van der Waals surface area contributed by atoms with E-state index in [1.165, 1.54) is 0 Å². The number of halogens is 1. The molecule has 4 heterocycles. The van der Waals surface area contributed by atoms with Crippen LogP contribution >= 0.6 is 15.9 Å². The third kappa shape index (κ3) is 10.9. The van der Waals surface area contributed by atoms with Crippen LogP contribution in [0.25, 0.3) is 11.3 Å². The lowest BCUT2D eigenvalue weighted by atomic mass is 9.80. The first-order valence-electron chi connectivity index (χ1n) is 20.8. The van der Waals surface area contributed by atoms with E-state index in [4.69, 9.17) is 29.0 Å². The van der Waals surface area contributed by atoms with Crippen LogP contribution in [0.1, 0.15) is 51.7 Å². The summed E-state index contributed by atoms with van der Waals surface area (Å²) in [6.45, 7) is 0.462. The molecule has 14 nitrogen and oxygen atoms in total. The van der Waals surface area contributed by atoms with Crippen LogP contribution in [0.3, 0.4) is 0 Å². The number of pyridine rings is 2. The molecule has 2 aliphatic heterocycles. The van der Waals surface area contributed by atoms with Gasteiger partial charge in [0.1, 0.15) is 16.2 Å². The molecule has 4 N–H and O–H groups in total. The van der Waals surface area contributed by atoms with E-state index in [0.29, 0.717) is 33.2 Å². The second-order valence-corrected chi connectivity index (χ2v) is 17.1. The van der Waals surface area contributed by atoms with Crippen molar-refractivity contribution in [3.05, 3.63) is 137 Å². The Morgan fingerprint density at radius 2 is 1.03 bits per heavy atom. The van der Waals surface area contributed by atoms with Crippen molar-refractivity contribution in [2.45, 2.75) is 51.4 Å². The number of carbonyl (C=O) groups is 2. The SMILES string of the molecule is C.C.CN(C)c1ccc(-c2cccc(NC(=O)C3(c4ccc5c(c4)OCO5)CC3)n2)cc1.CN(C)c1ccc(B(O)O)cc1.O=C(Nc1cccc(Br)n1)C1(c2ccc3c(c2)OCO3)CC1.